The zero-order chi connectivity index (χ0) is 23.6. The second-order valence-electron chi connectivity index (χ2n) is 9.04. The Bertz CT molecular complexity index is 1070. The molecule has 3 atom stereocenters. The van der Waals surface area contributed by atoms with Crippen LogP contribution in [0.2, 0.25) is 0 Å². The van der Waals surface area contributed by atoms with Crippen molar-refractivity contribution in [3.63, 3.8) is 0 Å². The van der Waals surface area contributed by atoms with Gasteiger partial charge in [-0.15, -0.1) is 0 Å². The summed E-state index contributed by atoms with van der Waals surface area (Å²) in [6.07, 6.45) is 4.08. The molecule has 0 radical (unpaired) electrons. The Hall–Kier alpha value is -2.62. The molecule has 9 heteroatoms. The minimum Gasteiger partial charge on any atom is -0.492 e. The Morgan fingerprint density at radius 1 is 1.15 bits per heavy atom. The third-order valence-electron chi connectivity index (χ3n) is 6.20. The quantitative estimate of drug-likeness (QED) is 0.282. The fourth-order valence-electron chi connectivity index (χ4n) is 4.36. The van der Waals surface area contributed by atoms with Crippen LogP contribution in [0.3, 0.4) is 0 Å². The van der Waals surface area contributed by atoms with Crippen LogP contribution < -0.4 is 14.8 Å². The lowest BCUT2D eigenvalue weighted by Crippen LogP contribution is -2.24. The maximum atomic E-state index is 13.4. The Balaban J connectivity index is 1.51. The van der Waals surface area contributed by atoms with E-state index in [0.29, 0.717) is 36.4 Å². The molecule has 1 fully saturated rings. The van der Waals surface area contributed by atoms with Crippen LogP contribution in [0, 0.1) is 5.92 Å². The van der Waals surface area contributed by atoms with Gasteiger partial charge < -0.3 is 20.1 Å². The number of anilines is 2. The molecule has 3 unspecified atom stereocenters. The van der Waals surface area contributed by atoms with Gasteiger partial charge in [0.15, 0.2) is 0 Å². The number of aromatic carboxylic acids is 1. The van der Waals surface area contributed by atoms with Crippen LogP contribution in [0.1, 0.15) is 47.5 Å². The average molecular weight is 475 g/mol. The van der Waals surface area contributed by atoms with E-state index in [4.69, 9.17) is 4.74 Å². The highest BCUT2D eigenvalue weighted by Crippen LogP contribution is 2.55. The summed E-state index contributed by atoms with van der Waals surface area (Å²) in [5.74, 6) is -0.110. The van der Waals surface area contributed by atoms with Gasteiger partial charge in [-0.05, 0) is 67.7 Å². The molecular weight excluding hydrogens is 442 g/mol. The maximum absolute atomic E-state index is 13.4. The van der Waals surface area contributed by atoms with Crippen LogP contribution in [0.5, 0.6) is 5.75 Å². The van der Waals surface area contributed by atoms with E-state index in [1.807, 2.05) is 14.1 Å². The second-order valence-corrected chi connectivity index (χ2v) is 10.7. The van der Waals surface area contributed by atoms with Gasteiger partial charge in [-0.3, -0.25) is 0 Å². The van der Waals surface area contributed by atoms with Crippen LogP contribution in [0.25, 0.3) is 0 Å². The molecule has 0 amide bonds. The fourth-order valence-corrected chi connectivity index (χ4v) is 5.64. The summed E-state index contributed by atoms with van der Waals surface area (Å²) in [6.45, 7) is 2.19. The van der Waals surface area contributed by atoms with Crippen LogP contribution in [-0.2, 0) is 14.6 Å². The molecule has 33 heavy (non-hydrogen) atoms. The van der Waals surface area contributed by atoms with Crippen molar-refractivity contribution in [2.24, 2.45) is 5.92 Å². The van der Waals surface area contributed by atoms with Crippen molar-refractivity contribution in [1.29, 1.82) is 0 Å². The van der Waals surface area contributed by atoms with Crippen molar-refractivity contribution >= 4 is 27.7 Å². The van der Waals surface area contributed by atoms with Crippen molar-refractivity contribution < 1.29 is 23.4 Å². The van der Waals surface area contributed by atoms with Gasteiger partial charge in [0.2, 0.25) is 4.90 Å². The van der Waals surface area contributed by atoms with Crippen molar-refractivity contribution in [3.8, 4) is 5.75 Å². The van der Waals surface area contributed by atoms with Crippen LogP contribution in [0.15, 0.2) is 41.3 Å². The minimum atomic E-state index is -3.78. The van der Waals surface area contributed by atoms with E-state index >= 15 is 0 Å². The fraction of sp³-hybridized carbons (Fsp3) is 0.458. The molecule has 4 rings (SSSR count). The number of rotatable bonds is 11. The monoisotopic (exact) mass is 474 g/mol. The highest BCUT2D eigenvalue weighted by Gasteiger charge is 2.46. The van der Waals surface area contributed by atoms with E-state index in [1.165, 1.54) is 0 Å². The van der Waals surface area contributed by atoms with Gasteiger partial charge in [-0.1, -0.05) is 24.6 Å². The molecule has 0 bridgehead atoms. The number of carboxylic acids is 1. The molecule has 1 aliphatic heterocycles. The molecule has 2 aliphatic rings. The first-order valence-corrected chi connectivity index (χ1v) is 12.8. The molecule has 2 aromatic rings. The number of hydrogen-bond donors (Lipinski definition) is 4. The van der Waals surface area contributed by atoms with Crippen LogP contribution in [-0.4, -0.2) is 54.3 Å². The number of hydrogen-bond acceptors (Lipinski definition) is 5. The second kappa shape index (κ2) is 9.70. The van der Waals surface area contributed by atoms with Gasteiger partial charge in [-0.2, -0.15) is 9.27 Å². The Kier molecular flexibility index (Phi) is 6.92. The topological polar surface area (TPSA) is 111 Å². The predicted octanol–water partition coefficient (Wildman–Crippen LogP) is 4.38. The zero-order valence-corrected chi connectivity index (χ0v) is 19.9. The summed E-state index contributed by atoms with van der Waals surface area (Å²) in [4.78, 5) is 14.4. The van der Waals surface area contributed by atoms with Gasteiger partial charge in [0, 0.05) is 18.5 Å². The Morgan fingerprint density at radius 2 is 1.94 bits per heavy atom. The summed E-state index contributed by atoms with van der Waals surface area (Å²) in [5.41, 5.74) is 1.41. The summed E-state index contributed by atoms with van der Waals surface area (Å²) < 4.78 is 32.6. The van der Waals surface area contributed by atoms with Gasteiger partial charge >= 0.3 is 16.4 Å². The van der Waals surface area contributed by atoms with E-state index < -0.39 is 16.4 Å². The van der Waals surface area contributed by atoms with Gasteiger partial charge in [0.25, 0.3) is 0 Å². The molecule has 1 aliphatic carbocycles. The normalized spacial score (nSPS) is 20.2. The maximum Gasteiger partial charge on any atom is 0.348 e. The SMILES string of the molecule is CN(C)CCCCCNc1ccccc1[S+](=O)(O)Nc1ccc2c(c1C(=O)O)OCC1CC21. The number of nitrogens with zero attached hydrogens (tertiary/aromatic N) is 1. The number of benzene rings is 2. The van der Waals surface area contributed by atoms with Gasteiger partial charge in [0.1, 0.15) is 17.0 Å². The summed E-state index contributed by atoms with van der Waals surface area (Å²) in [6, 6.07) is 10.2. The number of nitrogens with one attached hydrogen (secondary N) is 2. The molecule has 0 saturated heterocycles. The number of para-hydroxylation sites is 1. The van der Waals surface area contributed by atoms with Crippen molar-refractivity contribution in [3.05, 3.63) is 47.5 Å². The first-order chi connectivity index (χ1) is 15.8. The van der Waals surface area contributed by atoms with E-state index in [2.05, 4.69) is 14.9 Å². The molecular formula is C24H32N3O5S+. The molecule has 2 aromatic carbocycles. The van der Waals surface area contributed by atoms with E-state index in [9.17, 15) is 18.7 Å². The number of ether oxygens (including phenoxy) is 1. The van der Waals surface area contributed by atoms with Crippen molar-refractivity contribution in [2.45, 2.75) is 36.5 Å². The Labute approximate surface area is 195 Å². The largest absolute Gasteiger partial charge is 0.492 e. The van der Waals surface area contributed by atoms with Gasteiger partial charge in [0.05, 0.1) is 12.3 Å². The zero-order valence-electron chi connectivity index (χ0n) is 19.0. The molecule has 0 spiro atoms. The predicted molar refractivity (Wildman–Crippen MR) is 130 cm³/mol. The molecule has 0 aromatic heterocycles. The van der Waals surface area contributed by atoms with Crippen molar-refractivity contribution in [1.82, 2.24) is 4.90 Å². The first-order valence-electron chi connectivity index (χ1n) is 11.3. The van der Waals surface area contributed by atoms with Gasteiger partial charge in [-0.25, -0.2) is 4.79 Å². The molecule has 1 heterocycles. The highest BCUT2D eigenvalue weighted by atomic mass is 32.3. The molecule has 1 saturated carbocycles. The van der Waals surface area contributed by atoms with Crippen LogP contribution >= 0.6 is 0 Å². The summed E-state index contributed by atoms with van der Waals surface area (Å²) in [7, 11) is 0.320. The lowest BCUT2D eigenvalue weighted by molar-refractivity contribution is 0.0692. The number of unbranched alkanes of at least 4 members (excludes halogenated alkanes) is 2. The van der Waals surface area contributed by atoms with E-state index in [0.717, 1.165) is 37.8 Å². The highest BCUT2D eigenvalue weighted by molar-refractivity contribution is 7.99. The smallest absolute Gasteiger partial charge is 0.348 e. The lowest BCUT2D eigenvalue weighted by Gasteiger charge is -2.21. The Morgan fingerprint density at radius 3 is 2.70 bits per heavy atom. The summed E-state index contributed by atoms with van der Waals surface area (Å²) >= 11 is 0. The number of carboxylic acid groups (broad SMARTS) is 1. The lowest BCUT2D eigenvalue weighted by atomic mass is 10.0. The molecule has 178 valence electrons. The minimum absolute atomic E-state index is 0.0753. The first kappa shape index (κ1) is 23.5. The third-order valence-corrected chi connectivity index (χ3v) is 7.65. The number of carbonyl (C=O) groups is 1. The van der Waals surface area contributed by atoms with E-state index in [-0.39, 0.29) is 16.1 Å². The molecule has 8 nitrogen and oxygen atoms in total. The molecule has 4 N–H and O–H groups in total. The van der Waals surface area contributed by atoms with Crippen molar-refractivity contribution in [2.75, 3.05) is 43.8 Å². The standard InChI is InChI=1S/C24H31N3O5S/c1-27(2)13-7-3-6-12-25-19-8-4-5-9-21(19)33(30,31)26-20-11-10-17-18-14-16(18)15-32-23(17)22(20)24(28)29/h4-5,8-11,16,18H,3,6-7,12-15H2,1-2H3,(H3-,25,26,28,29,30,31)/p+1. The van der Waals surface area contributed by atoms with E-state index in [1.54, 1.807) is 36.4 Å². The summed E-state index contributed by atoms with van der Waals surface area (Å²) in [5, 5.41) is 13.1. The third kappa shape index (κ3) is 5.31. The van der Waals surface area contributed by atoms with Crippen LogP contribution in [0.4, 0.5) is 11.4 Å². The average Bonchev–Trinajstić information content (AvgIpc) is 3.55. The number of fused-ring (bicyclic) bond motifs is 3.